The molecule has 0 saturated heterocycles. The summed E-state index contributed by atoms with van der Waals surface area (Å²) in [5, 5.41) is 13.8. The van der Waals surface area contributed by atoms with Gasteiger partial charge in [-0.05, 0) is 64.2 Å². The summed E-state index contributed by atoms with van der Waals surface area (Å²) in [5.41, 5.74) is 0. The quantitative estimate of drug-likeness (QED) is 0.0272. The van der Waals surface area contributed by atoms with Crippen LogP contribution in [0.4, 0.5) is 0 Å². The Morgan fingerprint density at radius 3 is 1.34 bits per heavy atom. The maximum absolute atomic E-state index is 12.9. The number of quaternary nitrogens is 1. The summed E-state index contributed by atoms with van der Waals surface area (Å²) in [6, 6.07) is -0.902. The predicted molar refractivity (Wildman–Crippen MR) is 279 cm³/mol. The average molecular weight is 935 g/mol. The van der Waals surface area contributed by atoms with Gasteiger partial charge < -0.3 is 28.8 Å². The van der Waals surface area contributed by atoms with Gasteiger partial charge in [0.1, 0.15) is 13.2 Å². The summed E-state index contributed by atoms with van der Waals surface area (Å²) in [6.45, 7) is 4.62. The second-order valence-corrected chi connectivity index (χ2v) is 21.3. The van der Waals surface area contributed by atoms with E-state index in [1.165, 1.54) is 186 Å². The number of likely N-dealkylation sites (N-methyl/N-ethyl adjacent to an activating group) is 1. The molecule has 0 aromatic carbocycles. The van der Waals surface area contributed by atoms with Crippen molar-refractivity contribution in [1.82, 2.24) is 5.32 Å². The van der Waals surface area contributed by atoms with Crippen LogP contribution in [0.15, 0.2) is 48.6 Å². The number of allylic oxidation sites excluding steroid dienone is 7. The molecule has 0 aromatic heterocycles. The predicted octanol–water partition coefficient (Wildman–Crippen LogP) is 15.7. The second kappa shape index (κ2) is 47.5. The number of aliphatic hydroxyl groups is 1. The van der Waals surface area contributed by atoms with Crippen LogP contribution >= 0.6 is 7.82 Å². The molecule has 65 heavy (non-hydrogen) atoms. The van der Waals surface area contributed by atoms with Crippen molar-refractivity contribution in [3.05, 3.63) is 48.6 Å². The van der Waals surface area contributed by atoms with E-state index in [2.05, 4.69) is 55.6 Å². The Bertz CT molecular complexity index is 1200. The number of unbranched alkanes of at least 4 members (excludes halogenated alkanes) is 31. The summed E-state index contributed by atoms with van der Waals surface area (Å²) < 4.78 is 23.3. The minimum absolute atomic E-state index is 0.00622. The molecule has 0 spiro atoms. The van der Waals surface area contributed by atoms with Gasteiger partial charge in [0.05, 0.1) is 39.9 Å². The van der Waals surface area contributed by atoms with Crippen LogP contribution in [-0.2, 0) is 18.4 Å². The lowest BCUT2D eigenvalue weighted by atomic mass is 10.0. The highest BCUT2D eigenvalue weighted by molar-refractivity contribution is 7.45. The second-order valence-electron chi connectivity index (χ2n) is 19.9. The van der Waals surface area contributed by atoms with Gasteiger partial charge >= 0.3 is 0 Å². The largest absolute Gasteiger partial charge is 0.756 e. The van der Waals surface area contributed by atoms with Crippen LogP contribution in [0.25, 0.3) is 0 Å². The van der Waals surface area contributed by atoms with E-state index in [9.17, 15) is 19.4 Å². The smallest absolute Gasteiger partial charge is 0.268 e. The molecule has 3 atom stereocenters. The molecule has 0 rings (SSSR count). The topological polar surface area (TPSA) is 108 Å². The third-order valence-corrected chi connectivity index (χ3v) is 13.2. The lowest BCUT2D eigenvalue weighted by molar-refractivity contribution is -0.870. The molecule has 0 aliphatic heterocycles. The third kappa shape index (κ3) is 50.2. The molecule has 0 aliphatic carbocycles. The van der Waals surface area contributed by atoms with E-state index in [1.807, 2.05) is 27.2 Å². The average Bonchev–Trinajstić information content (AvgIpc) is 3.26. The van der Waals surface area contributed by atoms with Crippen LogP contribution in [0, 0.1) is 0 Å². The fourth-order valence-corrected chi connectivity index (χ4v) is 8.63. The SMILES string of the molecule is CCCCCCC/C=C\C/C=C\CCCCCCCCCCCCCCCCCCCC(=O)NC(COP(=O)([O-])OCC[N+](C)(C)C)C(O)/C=C/CC/C=C/CCCCCCCCCC. The van der Waals surface area contributed by atoms with Crippen molar-refractivity contribution in [2.24, 2.45) is 0 Å². The number of hydrogen-bond donors (Lipinski definition) is 2. The normalized spacial score (nSPS) is 14.4. The molecule has 0 fully saturated rings. The molecule has 382 valence electrons. The number of rotatable bonds is 50. The Balaban J connectivity index is 4.13. The minimum atomic E-state index is -4.60. The highest BCUT2D eigenvalue weighted by Crippen LogP contribution is 2.38. The van der Waals surface area contributed by atoms with Gasteiger partial charge in [-0.2, -0.15) is 0 Å². The lowest BCUT2D eigenvalue weighted by Crippen LogP contribution is -2.45. The maximum atomic E-state index is 12.9. The van der Waals surface area contributed by atoms with E-state index in [1.54, 1.807) is 6.08 Å². The van der Waals surface area contributed by atoms with Crippen LogP contribution < -0.4 is 10.2 Å². The number of carbonyl (C=O) groups excluding carboxylic acids is 1. The molecule has 0 heterocycles. The first kappa shape index (κ1) is 63.5. The van der Waals surface area contributed by atoms with Gasteiger partial charge in [-0.25, -0.2) is 0 Å². The zero-order valence-corrected chi connectivity index (χ0v) is 44.3. The van der Waals surface area contributed by atoms with Crippen molar-refractivity contribution in [2.45, 2.75) is 264 Å². The fourth-order valence-electron chi connectivity index (χ4n) is 7.91. The zero-order chi connectivity index (χ0) is 47.8. The van der Waals surface area contributed by atoms with Crippen molar-refractivity contribution < 1.29 is 32.9 Å². The Morgan fingerprint density at radius 1 is 0.538 bits per heavy atom. The van der Waals surface area contributed by atoms with Crippen molar-refractivity contribution in [2.75, 3.05) is 40.9 Å². The van der Waals surface area contributed by atoms with E-state index in [-0.39, 0.29) is 12.5 Å². The van der Waals surface area contributed by atoms with E-state index in [0.717, 1.165) is 44.9 Å². The van der Waals surface area contributed by atoms with Gasteiger partial charge in [0, 0.05) is 6.42 Å². The molecule has 0 saturated carbocycles. The van der Waals surface area contributed by atoms with Gasteiger partial charge in [0.15, 0.2) is 0 Å². The van der Waals surface area contributed by atoms with Crippen molar-refractivity contribution >= 4 is 13.7 Å². The third-order valence-electron chi connectivity index (χ3n) is 12.3. The minimum Gasteiger partial charge on any atom is -0.756 e. The van der Waals surface area contributed by atoms with E-state index in [0.29, 0.717) is 17.4 Å². The first-order chi connectivity index (χ1) is 31.5. The molecule has 0 aromatic rings. The standard InChI is InChI=1S/C56H107N2O6P/c1-6-8-10-12-14-16-18-20-22-23-24-25-26-27-28-29-30-31-32-33-34-35-36-38-40-42-44-46-48-50-56(60)57-54(53-64-65(61,62)63-52-51-58(3,4)5)55(59)49-47-45-43-41-39-37-21-19-17-15-13-11-9-7-2/h18,20,23-24,39,41,47,49,54-55,59H,6-17,19,21-22,25-38,40,42-46,48,50-53H2,1-5H3,(H-,57,60,61,62)/b20-18-,24-23-,41-39+,49-47+. The number of nitrogens with one attached hydrogen (secondary N) is 1. The number of amides is 1. The number of phosphoric acid groups is 1. The molecule has 0 radical (unpaired) electrons. The van der Waals surface area contributed by atoms with Crippen LogP contribution in [0.2, 0.25) is 0 Å². The molecule has 2 N–H and O–H groups in total. The number of carbonyl (C=O) groups is 1. The summed E-state index contributed by atoms with van der Waals surface area (Å²) >= 11 is 0. The van der Waals surface area contributed by atoms with Crippen molar-refractivity contribution in [3.63, 3.8) is 0 Å². The molecule has 3 unspecified atom stereocenters. The van der Waals surface area contributed by atoms with E-state index >= 15 is 0 Å². The van der Waals surface area contributed by atoms with Crippen LogP contribution in [0.5, 0.6) is 0 Å². The van der Waals surface area contributed by atoms with Gasteiger partial charge in [0.2, 0.25) is 5.91 Å². The van der Waals surface area contributed by atoms with Gasteiger partial charge in [-0.1, -0.05) is 229 Å². The highest BCUT2D eigenvalue weighted by atomic mass is 31.2. The molecule has 8 nitrogen and oxygen atoms in total. The van der Waals surface area contributed by atoms with E-state index < -0.39 is 26.6 Å². The first-order valence-electron chi connectivity index (χ1n) is 27.5. The Labute approximate surface area is 403 Å². The van der Waals surface area contributed by atoms with E-state index in [4.69, 9.17) is 9.05 Å². The molecule has 0 aliphatic rings. The number of nitrogens with zero attached hydrogens (tertiary/aromatic N) is 1. The number of aliphatic hydroxyl groups excluding tert-OH is 1. The molecule has 0 bridgehead atoms. The van der Waals surface area contributed by atoms with Crippen LogP contribution in [0.1, 0.15) is 251 Å². The first-order valence-corrected chi connectivity index (χ1v) is 29.0. The van der Waals surface area contributed by atoms with Gasteiger partial charge in [-0.15, -0.1) is 0 Å². The molecule has 1 amide bonds. The lowest BCUT2D eigenvalue weighted by Gasteiger charge is -2.29. The number of hydrogen-bond acceptors (Lipinski definition) is 6. The monoisotopic (exact) mass is 935 g/mol. The zero-order valence-electron chi connectivity index (χ0n) is 43.4. The Morgan fingerprint density at radius 2 is 0.908 bits per heavy atom. The van der Waals surface area contributed by atoms with Crippen molar-refractivity contribution in [1.29, 1.82) is 0 Å². The van der Waals surface area contributed by atoms with Crippen LogP contribution in [0.3, 0.4) is 0 Å². The van der Waals surface area contributed by atoms with Crippen LogP contribution in [-0.4, -0.2) is 68.5 Å². The van der Waals surface area contributed by atoms with Gasteiger partial charge in [0.25, 0.3) is 7.82 Å². The molecular formula is C56H107N2O6P. The fraction of sp³-hybridized carbons (Fsp3) is 0.839. The maximum Gasteiger partial charge on any atom is 0.268 e. The van der Waals surface area contributed by atoms with Crippen molar-refractivity contribution in [3.8, 4) is 0 Å². The van der Waals surface area contributed by atoms with Gasteiger partial charge in [-0.3, -0.25) is 9.36 Å². The highest BCUT2D eigenvalue weighted by Gasteiger charge is 2.23. The summed E-state index contributed by atoms with van der Waals surface area (Å²) in [6.07, 6.45) is 61.9. The number of phosphoric ester groups is 1. The molecule has 9 heteroatoms. The Hall–Kier alpha value is -1.54. The summed E-state index contributed by atoms with van der Waals surface area (Å²) in [7, 11) is 1.25. The summed E-state index contributed by atoms with van der Waals surface area (Å²) in [4.78, 5) is 25.4. The summed E-state index contributed by atoms with van der Waals surface area (Å²) in [5.74, 6) is -0.206. The Kier molecular flexibility index (Phi) is 46.4. The molecular weight excluding hydrogens is 828 g/mol.